The highest BCUT2D eigenvalue weighted by Gasteiger charge is 2.35. The number of amides is 1. The van der Waals surface area contributed by atoms with E-state index >= 15 is 0 Å². The highest BCUT2D eigenvalue weighted by molar-refractivity contribution is 6.29. The molecule has 3 heterocycles. The summed E-state index contributed by atoms with van der Waals surface area (Å²) in [6, 6.07) is 1.86. The second-order valence-corrected chi connectivity index (χ2v) is 6.19. The van der Waals surface area contributed by atoms with Crippen LogP contribution in [-0.2, 0) is 23.1 Å². The third-order valence-corrected chi connectivity index (χ3v) is 4.60. The van der Waals surface area contributed by atoms with E-state index in [-0.39, 0.29) is 17.9 Å². The van der Waals surface area contributed by atoms with Gasteiger partial charge in [0, 0.05) is 26.9 Å². The normalized spacial score (nSPS) is 21.3. The van der Waals surface area contributed by atoms with Crippen LogP contribution in [0.5, 0.6) is 0 Å². The van der Waals surface area contributed by atoms with Crippen LogP contribution < -0.4 is 0 Å². The van der Waals surface area contributed by atoms with Gasteiger partial charge >= 0.3 is 0 Å². The number of aromatic amines is 1. The van der Waals surface area contributed by atoms with Crippen molar-refractivity contribution < 1.29 is 9.53 Å². The van der Waals surface area contributed by atoms with E-state index in [0.717, 1.165) is 24.4 Å². The first kappa shape index (κ1) is 16.0. The van der Waals surface area contributed by atoms with Gasteiger partial charge in [0.05, 0.1) is 24.4 Å². The number of imidazole rings is 1. The molecule has 7 nitrogen and oxygen atoms in total. The van der Waals surface area contributed by atoms with Crippen molar-refractivity contribution in [1.29, 1.82) is 0 Å². The van der Waals surface area contributed by atoms with E-state index < -0.39 is 0 Å². The fourth-order valence-corrected chi connectivity index (χ4v) is 3.06. The standard InChI is InChI=1S/C15H20ClN5O2/c1-20(9-13-17-8-12(16)21(13)2)15(22)10-4-3-7-23-14(10)11-5-6-18-19-11/h5-6,8,10,14H,3-4,7,9H2,1-2H3,(H,18,19)/t10-,14-/m1/s1. The predicted octanol–water partition coefficient (Wildman–Crippen LogP) is 1.92. The Morgan fingerprint density at radius 1 is 1.61 bits per heavy atom. The number of halogens is 1. The molecule has 0 aliphatic carbocycles. The van der Waals surface area contributed by atoms with Crippen LogP contribution in [0.15, 0.2) is 18.5 Å². The molecule has 1 N–H and O–H groups in total. The lowest BCUT2D eigenvalue weighted by molar-refractivity contribution is -0.145. The summed E-state index contributed by atoms with van der Waals surface area (Å²) >= 11 is 6.00. The van der Waals surface area contributed by atoms with Crippen LogP contribution >= 0.6 is 11.6 Å². The molecular weight excluding hydrogens is 318 g/mol. The number of rotatable bonds is 4. The van der Waals surface area contributed by atoms with Crippen LogP contribution in [0.25, 0.3) is 0 Å². The summed E-state index contributed by atoms with van der Waals surface area (Å²) in [5, 5.41) is 7.43. The number of nitrogens with one attached hydrogen (secondary N) is 1. The summed E-state index contributed by atoms with van der Waals surface area (Å²) < 4.78 is 7.60. The van der Waals surface area contributed by atoms with Crippen molar-refractivity contribution in [1.82, 2.24) is 24.6 Å². The summed E-state index contributed by atoms with van der Waals surface area (Å²) in [6.07, 6.45) is 4.67. The van der Waals surface area contributed by atoms with E-state index in [9.17, 15) is 4.79 Å². The minimum Gasteiger partial charge on any atom is -0.371 e. The van der Waals surface area contributed by atoms with Crippen molar-refractivity contribution >= 4 is 17.5 Å². The number of carbonyl (C=O) groups excluding carboxylic acids is 1. The van der Waals surface area contributed by atoms with Gasteiger partial charge in [0.2, 0.25) is 5.91 Å². The third kappa shape index (κ3) is 3.25. The van der Waals surface area contributed by atoms with Crippen molar-refractivity contribution in [2.75, 3.05) is 13.7 Å². The number of nitrogens with zero attached hydrogens (tertiary/aromatic N) is 4. The molecule has 1 aliphatic rings. The van der Waals surface area contributed by atoms with Crippen LogP contribution in [0.3, 0.4) is 0 Å². The molecule has 1 saturated heterocycles. The molecule has 1 amide bonds. The minimum absolute atomic E-state index is 0.0448. The molecule has 2 aromatic heterocycles. The lowest BCUT2D eigenvalue weighted by atomic mass is 9.91. The molecule has 2 atom stereocenters. The summed E-state index contributed by atoms with van der Waals surface area (Å²) in [7, 11) is 3.61. The summed E-state index contributed by atoms with van der Waals surface area (Å²) in [5.74, 6) is 0.578. The fourth-order valence-electron chi connectivity index (χ4n) is 2.91. The molecule has 0 bridgehead atoms. The second-order valence-electron chi connectivity index (χ2n) is 5.80. The predicted molar refractivity (Wildman–Crippen MR) is 84.7 cm³/mol. The van der Waals surface area contributed by atoms with Crippen LogP contribution in [0.2, 0.25) is 5.15 Å². The Balaban J connectivity index is 1.73. The Morgan fingerprint density at radius 3 is 3.09 bits per heavy atom. The molecule has 2 aromatic rings. The lowest BCUT2D eigenvalue weighted by Crippen LogP contribution is -2.39. The van der Waals surface area contributed by atoms with E-state index in [1.54, 1.807) is 28.9 Å². The average Bonchev–Trinajstić information content (AvgIpc) is 3.20. The topological polar surface area (TPSA) is 76.0 Å². The summed E-state index contributed by atoms with van der Waals surface area (Å²) in [6.45, 7) is 1.07. The summed E-state index contributed by atoms with van der Waals surface area (Å²) in [4.78, 5) is 18.8. The van der Waals surface area contributed by atoms with Crippen molar-refractivity contribution in [3.63, 3.8) is 0 Å². The monoisotopic (exact) mass is 337 g/mol. The van der Waals surface area contributed by atoms with Crippen LogP contribution in [0, 0.1) is 5.92 Å². The minimum atomic E-state index is -0.272. The highest BCUT2D eigenvalue weighted by atomic mass is 35.5. The quantitative estimate of drug-likeness (QED) is 0.924. The SMILES string of the molecule is CN(Cc1ncc(Cl)n1C)C(=O)[C@@H]1CCCO[C@H]1c1ccn[nH]1. The molecule has 1 aliphatic heterocycles. The first-order valence-electron chi connectivity index (χ1n) is 7.60. The van der Waals surface area contributed by atoms with Gasteiger partial charge in [-0.2, -0.15) is 5.10 Å². The Labute approximate surface area is 139 Å². The van der Waals surface area contributed by atoms with Crippen LogP contribution in [0.4, 0.5) is 0 Å². The van der Waals surface area contributed by atoms with Gasteiger partial charge in [-0.15, -0.1) is 0 Å². The van der Waals surface area contributed by atoms with Crippen molar-refractivity contribution in [2.45, 2.75) is 25.5 Å². The molecule has 0 unspecified atom stereocenters. The Hall–Kier alpha value is -1.86. The van der Waals surface area contributed by atoms with Crippen LogP contribution in [-0.4, -0.2) is 44.2 Å². The number of ether oxygens (including phenoxy) is 1. The first-order valence-corrected chi connectivity index (χ1v) is 7.97. The molecule has 0 spiro atoms. The number of H-pyrrole nitrogens is 1. The zero-order valence-electron chi connectivity index (χ0n) is 13.2. The Kier molecular flexibility index (Phi) is 4.68. The Morgan fingerprint density at radius 2 is 2.43 bits per heavy atom. The molecule has 8 heteroatoms. The number of hydrogen-bond acceptors (Lipinski definition) is 4. The maximum atomic E-state index is 12.9. The average molecular weight is 338 g/mol. The van der Waals surface area contributed by atoms with Gasteiger partial charge < -0.3 is 14.2 Å². The smallest absolute Gasteiger partial charge is 0.228 e. The number of hydrogen-bond donors (Lipinski definition) is 1. The van der Waals surface area contributed by atoms with Crippen molar-refractivity contribution in [2.24, 2.45) is 13.0 Å². The molecule has 124 valence electrons. The number of carbonyl (C=O) groups is 1. The second kappa shape index (κ2) is 6.72. The van der Waals surface area contributed by atoms with E-state index in [1.807, 2.05) is 13.1 Å². The van der Waals surface area contributed by atoms with Gasteiger partial charge in [0.25, 0.3) is 0 Å². The van der Waals surface area contributed by atoms with Gasteiger partial charge in [-0.05, 0) is 18.9 Å². The van der Waals surface area contributed by atoms with Gasteiger partial charge in [-0.1, -0.05) is 11.6 Å². The summed E-state index contributed by atoms with van der Waals surface area (Å²) in [5.41, 5.74) is 0.844. The van der Waals surface area contributed by atoms with E-state index in [1.165, 1.54) is 0 Å². The zero-order chi connectivity index (χ0) is 16.4. The highest BCUT2D eigenvalue weighted by Crippen LogP contribution is 2.33. The van der Waals surface area contributed by atoms with Gasteiger partial charge in [0.15, 0.2) is 0 Å². The van der Waals surface area contributed by atoms with Gasteiger partial charge in [-0.25, -0.2) is 4.98 Å². The maximum absolute atomic E-state index is 12.9. The molecular formula is C15H20ClN5O2. The van der Waals surface area contributed by atoms with Gasteiger partial charge in [0.1, 0.15) is 17.1 Å². The van der Waals surface area contributed by atoms with Crippen molar-refractivity contribution in [3.8, 4) is 0 Å². The molecule has 0 aromatic carbocycles. The largest absolute Gasteiger partial charge is 0.371 e. The van der Waals surface area contributed by atoms with E-state index in [2.05, 4.69) is 15.2 Å². The maximum Gasteiger partial charge on any atom is 0.228 e. The molecule has 23 heavy (non-hydrogen) atoms. The lowest BCUT2D eigenvalue weighted by Gasteiger charge is -2.32. The molecule has 3 rings (SSSR count). The Bertz CT molecular complexity index is 669. The van der Waals surface area contributed by atoms with Gasteiger partial charge in [-0.3, -0.25) is 9.89 Å². The zero-order valence-corrected chi connectivity index (χ0v) is 14.0. The van der Waals surface area contributed by atoms with E-state index in [0.29, 0.717) is 18.3 Å². The molecule has 0 saturated carbocycles. The molecule has 1 fully saturated rings. The van der Waals surface area contributed by atoms with E-state index in [4.69, 9.17) is 16.3 Å². The molecule has 0 radical (unpaired) electrons. The third-order valence-electron chi connectivity index (χ3n) is 4.25. The fraction of sp³-hybridized carbons (Fsp3) is 0.533. The van der Waals surface area contributed by atoms with Crippen molar-refractivity contribution in [3.05, 3.63) is 35.1 Å². The van der Waals surface area contributed by atoms with Crippen LogP contribution in [0.1, 0.15) is 30.5 Å². The first-order chi connectivity index (χ1) is 11.1. The number of aromatic nitrogens is 4.